The van der Waals surface area contributed by atoms with Crippen LogP contribution in [0.4, 0.5) is 0 Å². The largest absolute Gasteiger partial charge is 0.389 e. The van der Waals surface area contributed by atoms with E-state index in [9.17, 15) is 4.79 Å². The highest BCUT2D eigenvalue weighted by atomic mass is 16.7. The van der Waals surface area contributed by atoms with Crippen molar-refractivity contribution < 1.29 is 9.63 Å². The van der Waals surface area contributed by atoms with Gasteiger partial charge < -0.3 is 14.3 Å². The predicted octanol–water partition coefficient (Wildman–Crippen LogP) is 1.95. The first kappa shape index (κ1) is 13.6. The molecule has 2 aliphatic carbocycles. The van der Waals surface area contributed by atoms with Gasteiger partial charge in [-0.3, -0.25) is 4.79 Å². The molecule has 0 bridgehead atoms. The summed E-state index contributed by atoms with van der Waals surface area (Å²) in [5.41, 5.74) is 1.84. The monoisotopic (exact) mass is 314 g/mol. The van der Waals surface area contributed by atoms with Crippen LogP contribution in [-0.2, 0) is 4.84 Å². The summed E-state index contributed by atoms with van der Waals surface area (Å²) in [6, 6.07) is 0.327. The van der Waals surface area contributed by atoms with E-state index in [0.29, 0.717) is 35.4 Å². The highest BCUT2D eigenvalue weighted by Gasteiger charge is 2.68. The van der Waals surface area contributed by atoms with Crippen molar-refractivity contribution >= 4 is 11.6 Å². The zero-order chi connectivity index (χ0) is 15.9. The van der Waals surface area contributed by atoms with Crippen molar-refractivity contribution in [1.29, 1.82) is 0 Å². The Morgan fingerprint density at radius 2 is 2.13 bits per heavy atom. The van der Waals surface area contributed by atoms with Gasteiger partial charge in [0, 0.05) is 43.6 Å². The topological polar surface area (TPSA) is 59.7 Å². The van der Waals surface area contributed by atoms with Crippen LogP contribution in [0.5, 0.6) is 0 Å². The fourth-order valence-electron chi connectivity index (χ4n) is 4.40. The third-order valence-corrected chi connectivity index (χ3v) is 6.14. The lowest BCUT2D eigenvalue weighted by molar-refractivity contribution is 0.0618. The number of likely N-dealkylation sites (tertiary alicyclic amines) is 1. The molecule has 2 unspecified atom stereocenters. The zero-order valence-electron chi connectivity index (χ0n) is 13.8. The molecule has 1 amide bonds. The minimum atomic E-state index is 0.00536. The number of aromatic nitrogens is 2. The van der Waals surface area contributed by atoms with Crippen LogP contribution >= 0.6 is 0 Å². The van der Waals surface area contributed by atoms with Crippen molar-refractivity contribution in [2.45, 2.75) is 38.8 Å². The minimum Gasteiger partial charge on any atom is -0.389 e. The van der Waals surface area contributed by atoms with E-state index in [1.54, 1.807) is 6.33 Å². The number of amides is 1. The molecule has 1 aromatic heterocycles. The third kappa shape index (κ3) is 1.83. The zero-order valence-corrected chi connectivity index (χ0v) is 13.8. The fourth-order valence-corrected chi connectivity index (χ4v) is 4.40. The van der Waals surface area contributed by atoms with Crippen LogP contribution in [0.25, 0.3) is 0 Å². The molecule has 4 atom stereocenters. The van der Waals surface area contributed by atoms with Crippen LogP contribution in [0, 0.1) is 23.7 Å². The summed E-state index contributed by atoms with van der Waals surface area (Å²) in [4.78, 5) is 24.4. The Morgan fingerprint density at radius 3 is 2.65 bits per heavy atom. The molecule has 0 N–H and O–H groups in total. The Kier molecular flexibility index (Phi) is 2.46. The molecular weight excluding hydrogens is 292 g/mol. The molecule has 0 aromatic carbocycles. The molecule has 6 nitrogen and oxygen atoms in total. The number of nitrogens with zero attached hydrogens (tertiary/aromatic N) is 4. The van der Waals surface area contributed by atoms with Crippen molar-refractivity contribution in [3.05, 3.63) is 18.2 Å². The van der Waals surface area contributed by atoms with E-state index in [0.717, 1.165) is 19.5 Å². The number of carbonyl (C=O) groups is 1. The normalized spacial score (nSPS) is 39.8. The number of fused-ring (bicyclic) bond motifs is 2. The molecule has 122 valence electrons. The first-order valence-corrected chi connectivity index (χ1v) is 8.56. The van der Waals surface area contributed by atoms with E-state index in [1.807, 2.05) is 15.7 Å². The predicted molar refractivity (Wildman–Crippen MR) is 84.0 cm³/mol. The summed E-state index contributed by atoms with van der Waals surface area (Å²) in [6.45, 7) is 7.99. The molecular formula is C17H22N4O2. The van der Waals surface area contributed by atoms with Gasteiger partial charge in [-0.1, -0.05) is 5.16 Å². The van der Waals surface area contributed by atoms with E-state index >= 15 is 0 Å². The Labute approximate surface area is 135 Å². The number of imidazole rings is 1. The summed E-state index contributed by atoms with van der Waals surface area (Å²) < 4.78 is 1.98. The number of oxime groups is 1. The molecule has 5 rings (SSSR count). The number of carbonyl (C=O) groups excluding carboxylic acids is 1. The van der Waals surface area contributed by atoms with Gasteiger partial charge in [0.25, 0.3) is 5.91 Å². The second-order valence-corrected chi connectivity index (χ2v) is 8.04. The Balaban J connectivity index is 1.24. The third-order valence-electron chi connectivity index (χ3n) is 6.14. The molecule has 0 spiro atoms. The van der Waals surface area contributed by atoms with Gasteiger partial charge in [-0.2, -0.15) is 0 Å². The Morgan fingerprint density at radius 1 is 1.39 bits per heavy atom. The van der Waals surface area contributed by atoms with Crippen molar-refractivity contribution in [2.24, 2.45) is 28.8 Å². The maximum Gasteiger partial charge on any atom is 0.274 e. The number of piperidine rings is 1. The van der Waals surface area contributed by atoms with Crippen LogP contribution in [0.3, 0.4) is 0 Å². The van der Waals surface area contributed by atoms with Gasteiger partial charge in [0.2, 0.25) is 0 Å². The average molecular weight is 314 g/mol. The lowest BCUT2D eigenvalue weighted by Crippen LogP contribution is -2.33. The Bertz CT molecular complexity index is 712. The van der Waals surface area contributed by atoms with Crippen LogP contribution in [0.1, 0.15) is 43.7 Å². The van der Waals surface area contributed by atoms with Gasteiger partial charge in [0.05, 0.1) is 12.0 Å². The smallest absolute Gasteiger partial charge is 0.274 e. The summed E-state index contributed by atoms with van der Waals surface area (Å²) in [6.07, 6.45) is 4.73. The molecule has 4 aliphatic rings. The number of hydrogen-bond donors (Lipinski definition) is 0. The summed E-state index contributed by atoms with van der Waals surface area (Å²) in [5, 5.41) is 4.33. The quantitative estimate of drug-likeness (QED) is 0.857. The molecule has 1 saturated heterocycles. The van der Waals surface area contributed by atoms with Gasteiger partial charge in [-0.15, -0.1) is 0 Å². The van der Waals surface area contributed by atoms with E-state index in [1.165, 1.54) is 5.71 Å². The summed E-state index contributed by atoms with van der Waals surface area (Å²) >= 11 is 0. The number of hydrogen-bond acceptors (Lipinski definition) is 4. The fraction of sp³-hybridized carbons (Fsp3) is 0.706. The van der Waals surface area contributed by atoms with Gasteiger partial charge in [-0.25, -0.2) is 4.98 Å². The molecule has 2 saturated carbocycles. The lowest BCUT2D eigenvalue weighted by Gasteiger charge is -2.18. The van der Waals surface area contributed by atoms with Crippen molar-refractivity contribution in [3.8, 4) is 0 Å². The molecule has 23 heavy (non-hydrogen) atoms. The molecule has 1 aromatic rings. The van der Waals surface area contributed by atoms with Crippen LogP contribution in [-0.4, -0.2) is 44.8 Å². The van der Waals surface area contributed by atoms with Crippen molar-refractivity contribution in [2.75, 3.05) is 13.1 Å². The lowest BCUT2D eigenvalue weighted by atomic mass is 10.1. The van der Waals surface area contributed by atoms with E-state index in [2.05, 4.69) is 30.9 Å². The summed E-state index contributed by atoms with van der Waals surface area (Å²) in [7, 11) is 0. The molecule has 3 fully saturated rings. The second kappa shape index (κ2) is 4.16. The van der Waals surface area contributed by atoms with Gasteiger partial charge in [0.15, 0.2) is 0 Å². The molecule has 2 aliphatic heterocycles. The standard InChI is InChI=1S/C17H22N4O2/c1-9(2)21-7-13(18-8-21)16(22)20-5-10-11(6-20)14(10)15-12-4-17(12,3)23-19-15/h7-12,14H,4-6H2,1-3H3/t10?,11?,12-,14?,17-/m0/s1. The summed E-state index contributed by atoms with van der Waals surface area (Å²) in [5.74, 6) is 2.33. The minimum absolute atomic E-state index is 0.00536. The number of rotatable bonds is 3. The SMILES string of the molecule is CC(C)n1cnc(C(=O)N2CC3C(C2)C3C2=NO[C@@]3(C)C[C@@H]23)c1. The van der Waals surface area contributed by atoms with Gasteiger partial charge in [-0.05, 0) is 32.6 Å². The van der Waals surface area contributed by atoms with E-state index in [-0.39, 0.29) is 11.5 Å². The first-order chi connectivity index (χ1) is 11.0. The highest BCUT2D eigenvalue weighted by molar-refractivity contribution is 5.97. The van der Waals surface area contributed by atoms with Crippen LogP contribution in [0.2, 0.25) is 0 Å². The average Bonchev–Trinajstić information content (AvgIpc) is 3.14. The maximum absolute atomic E-state index is 12.6. The van der Waals surface area contributed by atoms with Crippen molar-refractivity contribution in [1.82, 2.24) is 14.5 Å². The second-order valence-electron chi connectivity index (χ2n) is 8.04. The Hall–Kier alpha value is -1.85. The van der Waals surface area contributed by atoms with Crippen LogP contribution < -0.4 is 0 Å². The van der Waals surface area contributed by atoms with Gasteiger partial charge >= 0.3 is 0 Å². The van der Waals surface area contributed by atoms with Gasteiger partial charge in [0.1, 0.15) is 11.3 Å². The first-order valence-electron chi connectivity index (χ1n) is 8.56. The van der Waals surface area contributed by atoms with Crippen LogP contribution in [0.15, 0.2) is 17.7 Å². The molecule has 6 heteroatoms. The highest BCUT2D eigenvalue weighted by Crippen LogP contribution is 2.61. The molecule has 0 radical (unpaired) electrons. The molecule has 3 heterocycles. The van der Waals surface area contributed by atoms with E-state index < -0.39 is 0 Å². The maximum atomic E-state index is 12.6. The van der Waals surface area contributed by atoms with E-state index in [4.69, 9.17) is 4.84 Å². The van der Waals surface area contributed by atoms with Crippen molar-refractivity contribution in [3.63, 3.8) is 0 Å².